The standard InChI is InChI=1S/C17H17ClO3/c1-20-16(21-2)17(18,14-11-7-4-8-12-14)15(19)13-9-5-3-6-10-13/h3-12,16H,1-2H3. The van der Waals surface area contributed by atoms with Gasteiger partial charge in [-0.25, -0.2) is 0 Å². The smallest absolute Gasteiger partial charge is 0.193 e. The number of alkyl halides is 1. The number of methoxy groups -OCH3 is 2. The first kappa shape index (κ1) is 15.7. The fourth-order valence-electron chi connectivity index (χ4n) is 2.28. The monoisotopic (exact) mass is 304 g/mol. The zero-order valence-electron chi connectivity index (χ0n) is 12.0. The molecule has 0 heterocycles. The van der Waals surface area contributed by atoms with Gasteiger partial charge in [-0.15, -0.1) is 0 Å². The highest BCUT2D eigenvalue weighted by atomic mass is 35.5. The van der Waals surface area contributed by atoms with Crippen molar-refractivity contribution in [1.29, 1.82) is 0 Å². The molecule has 0 spiro atoms. The molecular formula is C17H17ClO3. The van der Waals surface area contributed by atoms with E-state index in [0.717, 1.165) is 0 Å². The molecule has 0 fully saturated rings. The van der Waals surface area contributed by atoms with Crippen LogP contribution >= 0.6 is 11.6 Å². The van der Waals surface area contributed by atoms with Crippen molar-refractivity contribution in [3.63, 3.8) is 0 Å². The molecular weight excluding hydrogens is 288 g/mol. The van der Waals surface area contributed by atoms with E-state index in [-0.39, 0.29) is 5.78 Å². The van der Waals surface area contributed by atoms with Gasteiger partial charge in [0.25, 0.3) is 0 Å². The Morgan fingerprint density at radius 3 is 1.90 bits per heavy atom. The number of halogens is 1. The number of carbonyl (C=O) groups is 1. The Labute approximate surface area is 129 Å². The van der Waals surface area contributed by atoms with Crippen LogP contribution < -0.4 is 0 Å². The highest BCUT2D eigenvalue weighted by Gasteiger charge is 2.47. The van der Waals surface area contributed by atoms with Gasteiger partial charge in [0, 0.05) is 19.8 Å². The molecule has 0 saturated carbocycles. The van der Waals surface area contributed by atoms with E-state index in [9.17, 15) is 4.79 Å². The molecule has 0 aliphatic heterocycles. The average Bonchev–Trinajstić information content (AvgIpc) is 2.56. The lowest BCUT2D eigenvalue weighted by atomic mass is 9.89. The molecule has 0 bridgehead atoms. The molecule has 3 nitrogen and oxygen atoms in total. The highest BCUT2D eigenvalue weighted by Crippen LogP contribution is 2.38. The summed E-state index contributed by atoms with van der Waals surface area (Å²) in [5.74, 6) is -0.260. The Morgan fingerprint density at radius 2 is 1.43 bits per heavy atom. The normalized spacial score (nSPS) is 13.9. The highest BCUT2D eigenvalue weighted by molar-refractivity contribution is 6.38. The van der Waals surface area contributed by atoms with Crippen LogP contribution in [0.5, 0.6) is 0 Å². The lowest BCUT2D eigenvalue weighted by Gasteiger charge is -2.32. The third-order valence-corrected chi connectivity index (χ3v) is 3.88. The topological polar surface area (TPSA) is 35.5 Å². The van der Waals surface area contributed by atoms with Crippen molar-refractivity contribution >= 4 is 17.4 Å². The zero-order valence-corrected chi connectivity index (χ0v) is 12.7. The minimum Gasteiger partial charge on any atom is -0.353 e. The predicted molar refractivity (Wildman–Crippen MR) is 82.6 cm³/mol. The molecule has 110 valence electrons. The molecule has 0 aliphatic carbocycles. The summed E-state index contributed by atoms with van der Waals surface area (Å²) in [4.78, 5) is 11.5. The average molecular weight is 305 g/mol. The molecule has 4 heteroatoms. The Hall–Kier alpha value is -1.68. The summed E-state index contributed by atoms with van der Waals surface area (Å²) in [6.07, 6.45) is -0.894. The fourth-order valence-corrected chi connectivity index (χ4v) is 2.69. The molecule has 0 N–H and O–H groups in total. The van der Waals surface area contributed by atoms with Gasteiger partial charge in [0.1, 0.15) is 0 Å². The molecule has 0 amide bonds. The number of hydrogen-bond acceptors (Lipinski definition) is 3. The number of carbonyl (C=O) groups excluding carboxylic acids is 1. The molecule has 1 atom stereocenters. The molecule has 2 aromatic rings. The second-order valence-electron chi connectivity index (χ2n) is 4.58. The Morgan fingerprint density at radius 1 is 0.952 bits per heavy atom. The number of benzene rings is 2. The summed E-state index contributed by atoms with van der Waals surface area (Å²) >= 11 is 6.72. The lowest BCUT2D eigenvalue weighted by Crippen LogP contribution is -2.44. The van der Waals surface area contributed by atoms with Crippen molar-refractivity contribution < 1.29 is 14.3 Å². The van der Waals surface area contributed by atoms with Crippen LogP contribution in [0.25, 0.3) is 0 Å². The summed E-state index contributed by atoms with van der Waals surface area (Å²) in [5, 5.41) is 0. The van der Waals surface area contributed by atoms with Crippen LogP contribution in [0.4, 0.5) is 0 Å². The summed E-state index contributed by atoms with van der Waals surface area (Å²) in [6.45, 7) is 0. The molecule has 0 radical (unpaired) electrons. The van der Waals surface area contributed by atoms with Gasteiger partial charge >= 0.3 is 0 Å². The van der Waals surface area contributed by atoms with Gasteiger partial charge in [-0.2, -0.15) is 0 Å². The quantitative estimate of drug-likeness (QED) is 0.464. The molecule has 0 aromatic heterocycles. The maximum atomic E-state index is 12.9. The summed E-state index contributed by atoms with van der Waals surface area (Å²) in [6, 6.07) is 18.0. The third-order valence-electron chi connectivity index (χ3n) is 3.31. The first-order valence-electron chi connectivity index (χ1n) is 6.54. The van der Waals surface area contributed by atoms with Crippen LogP contribution in [-0.4, -0.2) is 26.3 Å². The largest absolute Gasteiger partial charge is 0.353 e. The van der Waals surface area contributed by atoms with E-state index in [1.165, 1.54) is 14.2 Å². The number of hydrogen-bond donors (Lipinski definition) is 0. The van der Waals surface area contributed by atoms with Crippen molar-refractivity contribution in [1.82, 2.24) is 0 Å². The fraction of sp³-hybridized carbons (Fsp3) is 0.235. The Balaban J connectivity index is 2.54. The Kier molecular flexibility index (Phi) is 5.12. The van der Waals surface area contributed by atoms with Crippen LogP contribution in [0.3, 0.4) is 0 Å². The second-order valence-corrected chi connectivity index (χ2v) is 5.17. The van der Waals surface area contributed by atoms with Crippen LogP contribution in [0.1, 0.15) is 15.9 Å². The predicted octanol–water partition coefficient (Wildman–Crippen LogP) is 3.62. The van der Waals surface area contributed by atoms with Crippen LogP contribution in [0.2, 0.25) is 0 Å². The molecule has 2 rings (SSSR count). The molecule has 0 saturated heterocycles. The molecule has 2 aromatic carbocycles. The maximum Gasteiger partial charge on any atom is 0.193 e. The first-order valence-corrected chi connectivity index (χ1v) is 6.92. The van der Waals surface area contributed by atoms with E-state index in [0.29, 0.717) is 11.1 Å². The van der Waals surface area contributed by atoms with Crippen LogP contribution in [0.15, 0.2) is 60.7 Å². The number of rotatable bonds is 6. The van der Waals surface area contributed by atoms with Gasteiger partial charge in [0.05, 0.1) is 0 Å². The van der Waals surface area contributed by atoms with Crippen molar-refractivity contribution in [3.8, 4) is 0 Å². The summed E-state index contributed by atoms with van der Waals surface area (Å²) in [5.41, 5.74) is 1.14. The van der Waals surface area contributed by atoms with E-state index in [1.54, 1.807) is 36.4 Å². The summed E-state index contributed by atoms with van der Waals surface area (Å²) in [7, 11) is 2.93. The van der Waals surface area contributed by atoms with Gasteiger partial charge in [-0.1, -0.05) is 72.3 Å². The van der Waals surface area contributed by atoms with Crippen LogP contribution in [-0.2, 0) is 14.3 Å². The second kappa shape index (κ2) is 6.85. The van der Waals surface area contributed by atoms with E-state index < -0.39 is 11.2 Å². The van der Waals surface area contributed by atoms with Gasteiger partial charge < -0.3 is 9.47 Å². The number of ether oxygens (including phenoxy) is 2. The Bertz CT molecular complexity index is 581. The molecule has 1 unspecified atom stereocenters. The van der Waals surface area contributed by atoms with Gasteiger partial charge in [0.2, 0.25) is 0 Å². The van der Waals surface area contributed by atoms with E-state index >= 15 is 0 Å². The lowest BCUT2D eigenvalue weighted by molar-refractivity contribution is -0.120. The number of Topliss-reactive ketones (excluding diaryl/α,β-unsaturated/α-hetero) is 1. The van der Waals surface area contributed by atoms with E-state index in [2.05, 4.69) is 0 Å². The summed E-state index contributed by atoms with van der Waals surface area (Å²) < 4.78 is 10.6. The first-order chi connectivity index (χ1) is 10.1. The molecule has 0 aliphatic rings. The van der Waals surface area contributed by atoms with Gasteiger partial charge in [-0.3, -0.25) is 4.79 Å². The maximum absolute atomic E-state index is 12.9. The SMILES string of the molecule is COC(OC)C(Cl)(C(=O)c1ccccc1)c1ccccc1. The van der Waals surface area contributed by atoms with Crippen molar-refractivity contribution in [2.45, 2.75) is 11.2 Å². The van der Waals surface area contributed by atoms with E-state index in [1.807, 2.05) is 24.3 Å². The minimum atomic E-state index is -1.44. The van der Waals surface area contributed by atoms with E-state index in [4.69, 9.17) is 21.1 Å². The number of ketones is 1. The van der Waals surface area contributed by atoms with Crippen molar-refractivity contribution in [2.24, 2.45) is 0 Å². The van der Waals surface area contributed by atoms with Crippen molar-refractivity contribution in [2.75, 3.05) is 14.2 Å². The van der Waals surface area contributed by atoms with Crippen LogP contribution in [0, 0.1) is 0 Å². The van der Waals surface area contributed by atoms with Gasteiger partial charge in [0.15, 0.2) is 16.9 Å². The zero-order chi connectivity index (χ0) is 15.3. The minimum absolute atomic E-state index is 0.260. The van der Waals surface area contributed by atoms with Crippen molar-refractivity contribution in [3.05, 3.63) is 71.8 Å². The third kappa shape index (κ3) is 3.00. The van der Waals surface area contributed by atoms with Gasteiger partial charge in [-0.05, 0) is 5.56 Å². The molecule has 21 heavy (non-hydrogen) atoms.